The Labute approximate surface area is 173 Å². The van der Waals surface area contributed by atoms with Crippen LogP contribution in [-0.4, -0.2) is 32.5 Å². The number of nitrogens with zero attached hydrogens (tertiary/aromatic N) is 3. The summed E-state index contributed by atoms with van der Waals surface area (Å²) < 4.78 is 3.02. The molecule has 7 heteroatoms. The minimum absolute atomic E-state index is 0.0743. The Morgan fingerprint density at radius 3 is 2.59 bits per heavy atom. The number of benzene rings is 1. The first-order valence-electron chi connectivity index (χ1n) is 9.39. The van der Waals surface area contributed by atoms with E-state index in [9.17, 15) is 4.79 Å². The summed E-state index contributed by atoms with van der Waals surface area (Å²) in [5.74, 6) is 1.21. The van der Waals surface area contributed by atoms with E-state index in [1.54, 1.807) is 0 Å². The molecular weight excluding hydrogens is 424 g/mol. The van der Waals surface area contributed by atoms with Crippen LogP contribution in [-0.2, 0) is 11.3 Å². The molecule has 2 aromatic rings. The molecule has 0 saturated heterocycles. The van der Waals surface area contributed by atoms with Crippen LogP contribution in [0.3, 0.4) is 0 Å². The van der Waals surface area contributed by atoms with Crippen molar-refractivity contribution in [3.8, 4) is 11.4 Å². The van der Waals surface area contributed by atoms with Crippen molar-refractivity contribution in [2.45, 2.75) is 56.3 Å². The predicted molar refractivity (Wildman–Crippen MR) is 114 cm³/mol. The molecule has 1 amide bonds. The van der Waals surface area contributed by atoms with Gasteiger partial charge in [-0.05, 0) is 25.0 Å². The normalized spacial score (nSPS) is 15.3. The Bertz CT molecular complexity index is 767. The maximum Gasteiger partial charge on any atom is 0.230 e. The molecule has 0 unspecified atom stereocenters. The molecule has 0 aliphatic heterocycles. The van der Waals surface area contributed by atoms with Crippen molar-refractivity contribution in [3.63, 3.8) is 0 Å². The lowest BCUT2D eigenvalue weighted by molar-refractivity contribution is -0.119. The molecule has 0 atom stereocenters. The van der Waals surface area contributed by atoms with E-state index in [0.717, 1.165) is 33.9 Å². The first-order chi connectivity index (χ1) is 13.2. The molecule has 1 saturated carbocycles. The number of rotatable bonds is 7. The van der Waals surface area contributed by atoms with Crippen molar-refractivity contribution in [1.82, 2.24) is 20.1 Å². The van der Waals surface area contributed by atoms with E-state index in [1.165, 1.54) is 37.4 Å². The van der Waals surface area contributed by atoms with Crippen molar-refractivity contribution < 1.29 is 4.79 Å². The zero-order valence-electron chi connectivity index (χ0n) is 15.4. The Hall–Kier alpha value is -1.60. The fraction of sp³-hybridized carbons (Fsp3) is 0.450. The summed E-state index contributed by atoms with van der Waals surface area (Å²) in [4.78, 5) is 12.4. The van der Waals surface area contributed by atoms with Crippen LogP contribution in [0.2, 0.25) is 0 Å². The predicted octanol–water partition coefficient (Wildman–Crippen LogP) is 4.82. The zero-order valence-corrected chi connectivity index (χ0v) is 17.8. The van der Waals surface area contributed by atoms with Crippen molar-refractivity contribution >= 4 is 33.6 Å². The molecule has 1 heterocycles. The van der Waals surface area contributed by atoms with E-state index in [1.807, 2.05) is 34.9 Å². The average molecular weight is 449 g/mol. The third-order valence-electron chi connectivity index (χ3n) is 4.68. The highest BCUT2D eigenvalue weighted by Crippen LogP contribution is 2.25. The number of hydrogen-bond donors (Lipinski definition) is 1. The third-order valence-corrected chi connectivity index (χ3v) is 6.18. The maximum absolute atomic E-state index is 12.4. The third kappa shape index (κ3) is 5.69. The lowest BCUT2D eigenvalue weighted by Gasteiger charge is -2.16. The van der Waals surface area contributed by atoms with Gasteiger partial charge in [0.05, 0.1) is 5.75 Å². The van der Waals surface area contributed by atoms with Gasteiger partial charge in [-0.2, -0.15) is 0 Å². The van der Waals surface area contributed by atoms with Crippen LogP contribution < -0.4 is 5.32 Å². The molecule has 5 nitrogen and oxygen atoms in total. The summed E-state index contributed by atoms with van der Waals surface area (Å²) in [5, 5.41) is 12.6. The summed E-state index contributed by atoms with van der Waals surface area (Å²) in [5.41, 5.74) is 0.988. The van der Waals surface area contributed by atoms with Crippen LogP contribution in [0.5, 0.6) is 0 Å². The number of carbonyl (C=O) groups excluding carboxylic acids is 1. The van der Waals surface area contributed by atoms with Gasteiger partial charge in [-0.15, -0.1) is 16.8 Å². The molecule has 1 aliphatic carbocycles. The highest BCUT2D eigenvalue weighted by atomic mass is 79.9. The van der Waals surface area contributed by atoms with Gasteiger partial charge in [0.2, 0.25) is 5.91 Å². The number of carbonyl (C=O) groups is 1. The summed E-state index contributed by atoms with van der Waals surface area (Å²) in [7, 11) is 0. The Morgan fingerprint density at radius 1 is 1.22 bits per heavy atom. The van der Waals surface area contributed by atoms with E-state index in [-0.39, 0.29) is 5.91 Å². The van der Waals surface area contributed by atoms with Crippen LogP contribution in [0.25, 0.3) is 11.4 Å². The van der Waals surface area contributed by atoms with E-state index < -0.39 is 0 Å². The van der Waals surface area contributed by atoms with Crippen LogP contribution in [0.1, 0.15) is 38.5 Å². The fourth-order valence-corrected chi connectivity index (χ4v) is 4.35. The topological polar surface area (TPSA) is 59.8 Å². The van der Waals surface area contributed by atoms with Gasteiger partial charge in [0.25, 0.3) is 0 Å². The van der Waals surface area contributed by atoms with Gasteiger partial charge in [-0.3, -0.25) is 9.36 Å². The van der Waals surface area contributed by atoms with Crippen LogP contribution >= 0.6 is 27.7 Å². The second-order valence-electron chi connectivity index (χ2n) is 6.76. The van der Waals surface area contributed by atoms with Crippen LogP contribution in [0.15, 0.2) is 46.5 Å². The molecule has 0 spiro atoms. The molecular formula is C20H25BrN4OS. The van der Waals surface area contributed by atoms with Gasteiger partial charge in [0.15, 0.2) is 11.0 Å². The van der Waals surface area contributed by atoms with E-state index >= 15 is 0 Å². The summed E-state index contributed by atoms with van der Waals surface area (Å²) in [6.45, 7) is 4.44. The van der Waals surface area contributed by atoms with Gasteiger partial charge in [0, 0.05) is 22.6 Å². The lowest BCUT2D eigenvalue weighted by atomic mass is 10.1. The molecule has 1 fully saturated rings. The zero-order chi connectivity index (χ0) is 19.1. The van der Waals surface area contributed by atoms with E-state index in [0.29, 0.717) is 18.3 Å². The Morgan fingerprint density at radius 2 is 1.93 bits per heavy atom. The summed E-state index contributed by atoms with van der Waals surface area (Å²) in [6, 6.07) is 8.29. The molecule has 1 aliphatic rings. The number of nitrogens with one attached hydrogen (secondary N) is 1. The van der Waals surface area contributed by atoms with Gasteiger partial charge in [-0.1, -0.05) is 71.6 Å². The van der Waals surface area contributed by atoms with Gasteiger partial charge < -0.3 is 5.32 Å². The number of hydrogen-bond acceptors (Lipinski definition) is 4. The standard InChI is InChI=1S/C20H25BrN4OS/c1-2-13-25-19(15-9-11-16(21)12-10-15)23-24-20(25)27-14-18(26)22-17-7-5-3-4-6-8-17/h2,9-12,17H,1,3-8,13-14H2,(H,22,26). The molecule has 1 N–H and O–H groups in total. The highest BCUT2D eigenvalue weighted by Gasteiger charge is 2.17. The second kappa shape index (κ2) is 10.1. The minimum Gasteiger partial charge on any atom is -0.353 e. The quantitative estimate of drug-likeness (QED) is 0.374. The minimum atomic E-state index is 0.0743. The number of allylic oxidation sites excluding steroid dienone is 1. The smallest absolute Gasteiger partial charge is 0.230 e. The monoisotopic (exact) mass is 448 g/mol. The van der Waals surface area contributed by atoms with Gasteiger partial charge in [-0.25, -0.2) is 0 Å². The SMILES string of the molecule is C=CCn1c(SCC(=O)NC2CCCCCC2)nnc1-c1ccc(Br)cc1. The average Bonchev–Trinajstić information content (AvgIpc) is 2.88. The Kier molecular flexibility index (Phi) is 7.52. The van der Waals surface area contributed by atoms with Crippen LogP contribution in [0.4, 0.5) is 0 Å². The molecule has 3 rings (SSSR count). The molecule has 0 bridgehead atoms. The van der Waals surface area contributed by atoms with E-state index in [2.05, 4.69) is 38.0 Å². The maximum atomic E-state index is 12.4. The molecule has 1 aromatic heterocycles. The fourth-order valence-electron chi connectivity index (χ4n) is 3.32. The molecule has 0 radical (unpaired) electrons. The summed E-state index contributed by atoms with van der Waals surface area (Å²) >= 11 is 4.88. The van der Waals surface area contributed by atoms with Gasteiger partial charge >= 0.3 is 0 Å². The number of aromatic nitrogens is 3. The molecule has 1 aromatic carbocycles. The van der Waals surface area contributed by atoms with Crippen molar-refractivity contribution in [2.75, 3.05) is 5.75 Å². The largest absolute Gasteiger partial charge is 0.353 e. The van der Waals surface area contributed by atoms with Crippen molar-refractivity contribution in [3.05, 3.63) is 41.4 Å². The van der Waals surface area contributed by atoms with Gasteiger partial charge in [0.1, 0.15) is 0 Å². The summed E-state index contributed by atoms with van der Waals surface area (Å²) in [6.07, 6.45) is 8.99. The Balaban J connectivity index is 1.64. The van der Waals surface area contributed by atoms with E-state index in [4.69, 9.17) is 0 Å². The van der Waals surface area contributed by atoms with Crippen molar-refractivity contribution in [1.29, 1.82) is 0 Å². The highest BCUT2D eigenvalue weighted by molar-refractivity contribution is 9.10. The first kappa shape index (κ1) is 20.1. The second-order valence-corrected chi connectivity index (χ2v) is 8.62. The number of halogens is 1. The first-order valence-corrected chi connectivity index (χ1v) is 11.2. The molecule has 144 valence electrons. The van der Waals surface area contributed by atoms with Crippen LogP contribution in [0, 0.1) is 0 Å². The number of amides is 1. The molecule has 27 heavy (non-hydrogen) atoms. The van der Waals surface area contributed by atoms with Crippen molar-refractivity contribution in [2.24, 2.45) is 0 Å². The number of thioether (sulfide) groups is 1. The lowest BCUT2D eigenvalue weighted by Crippen LogP contribution is -2.35.